The van der Waals surface area contributed by atoms with E-state index in [0.29, 0.717) is 18.5 Å². The number of alkyl halides is 3. The van der Waals surface area contributed by atoms with Crippen LogP contribution in [0.25, 0.3) is 10.8 Å². The Bertz CT molecular complexity index is 566. The number of aliphatic hydroxyl groups is 1. The molecule has 0 radical (unpaired) electrons. The van der Waals surface area contributed by atoms with E-state index in [1.54, 1.807) is 12.1 Å². The first kappa shape index (κ1) is 13.8. The van der Waals surface area contributed by atoms with E-state index in [-0.39, 0.29) is 6.61 Å². The van der Waals surface area contributed by atoms with Crippen molar-refractivity contribution in [1.82, 2.24) is 5.32 Å². The topological polar surface area (TPSA) is 32.3 Å². The Labute approximate surface area is 108 Å². The number of hydrogen-bond donors (Lipinski definition) is 2. The van der Waals surface area contributed by atoms with Gasteiger partial charge in [-0.3, -0.25) is 0 Å². The molecule has 2 nitrogen and oxygen atoms in total. The molecule has 2 aromatic rings. The molecule has 5 heteroatoms. The fourth-order valence-electron chi connectivity index (χ4n) is 1.97. The fraction of sp³-hybridized carbons (Fsp3) is 0.286. The molecule has 2 aromatic carbocycles. The summed E-state index contributed by atoms with van der Waals surface area (Å²) in [6.07, 6.45) is -4.33. The van der Waals surface area contributed by atoms with Crippen LogP contribution >= 0.6 is 0 Å². The lowest BCUT2D eigenvalue weighted by atomic mass is 10.0. The number of rotatable bonds is 4. The normalized spacial score (nSPS) is 12.0. The number of halogens is 3. The molecule has 2 rings (SSSR count). The summed E-state index contributed by atoms with van der Waals surface area (Å²) in [6, 6.07) is 9.12. The molecule has 0 heterocycles. The van der Waals surface area contributed by atoms with E-state index < -0.39 is 11.7 Å². The molecule has 0 spiro atoms. The van der Waals surface area contributed by atoms with Gasteiger partial charge in [0.15, 0.2) is 0 Å². The Hall–Kier alpha value is -1.59. The lowest BCUT2D eigenvalue weighted by molar-refractivity contribution is -0.137. The van der Waals surface area contributed by atoms with Gasteiger partial charge in [-0.2, -0.15) is 13.2 Å². The summed E-state index contributed by atoms with van der Waals surface area (Å²) in [6.45, 7) is 0.840. The summed E-state index contributed by atoms with van der Waals surface area (Å²) in [5, 5.41) is 13.0. The number of aliphatic hydroxyl groups excluding tert-OH is 1. The van der Waals surface area contributed by atoms with Crippen molar-refractivity contribution in [3.05, 3.63) is 47.5 Å². The third-order valence-corrected chi connectivity index (χ3v) is 2.90. The highest BCUT2D eigenvalue weighted by Gasteiger charge is 2.30. The summed E-state index contributed by atoms with van der Waals surface area (Å²) in [5.41, 5.74) is 0.145. The van der Waals surface area contributed by atoms with Gasteiger partial charge in [0, 0.05) is 13.1 Å². The van der Waals surface area contributed by atoms with Crippen LogP contribution in [0.2, 0.25) is 0 Å². The zero-order valence-corrected chi connectivity index (χ0v) is 10.2. The number of benzene rings is 2. The Kier molecular flexibility index (Phi) is 4.07. The van der Waals surface area contributed by atoms with Crippen molar-refractivity contribution in [3.8, 4) is 0 Å². The molecule has 0 amide bonds. The molecule has 0 fully saturated rings. The van der Waals surface area contributed by atoms with Crippen LogP contribution < -0.4 is 5.32 Å². The second kappa shape index (κ2) is 5.59. The van der Waals surface area contributed by atoms with Crippen LogP contribution in [0.5, 0.6) is 0 Å². The molecule has 2 N–H and O–H groups in total. The van der Waals surface area contributed by atoms with Crippen molar-refractivity contribution in [1.29, 1.82) is 0 Å². The SMILES string of the molecule is OCCNCc1cccc2ccc(C(F)(F)F)cc12. The number of hydrogen-bond acceptors (Lipinski definition) is 2. The van der Waals surface area contributed by atoms with Gasteiger partial charge in [0.05, 0.1) is 12.2 Å². The van der Waals surface area contributed by atoms with Gasteiger partial charge in [-0.25, -0.2) is 0 Å². The summed E-state index contributed by atoms with van der Waals surface area (Å²) >= 11 is 0. The summed E-state index contributed by atoms with van der Waals surface area (Å²) < 4.78 is 38.1. The van der Waals surface area contributed by atoms with Crippen molar-refractivity contribution in [2.45, 2.75) is 12.7 Å². The maximum Gasteiger partial charge on any atom is 0.416 e. The van der Waals surface area contributed by atoms with E-state index >= 15 is 0 Å². The van der Waals surface area contributed by atoms with Gasteiger partial charge in [0.2, 0.25) is 0 Å². The Morgan fingerprint density at radius 1 is 1.11 bits per heavy atom. The molecule has 0 aromatic heterocycles. The average Bonchev–Trinajstić information content (AvgIpc) is 2.37. The second-order valence-electron chi connectivity index (χ2n) is 4.25. The molecule has 0 saturated carbocycles. The van der Waals surface area contributed by atoms with Crippen LogP contribution in [0, 0.1) is 0 Å². The smallest absolute Gasteiger partial charge is 0.395 e. The average molecular weight is 269 g/mol. The molecule has 0 bridgehead atoms. The van der Waals surface area contributed by atoms with E-state index in [1.807, 2.05) is 6.07 Å². The largest absolute Gasteiger partial charge is 0.416 e. The zero-order chi connectivity index (χ0) is 13.9. The highest BCUT2D eigenvalue weighted by atomic mass is 19.4. The van der Waals surface area contributed by atoms with Crippen LogP contribution in [0.1, 0.15) is 11.1 Å². The van der Waals surface area contributed by atoms with E-state index in [4.69, 9.17) is 5.11 Å². The lowest BCUT2D eigenvalue weighted by Gasteiger charge is -2.11. The molecule has 0 unspecified atom stereocenters. The van der Waals surface area contributed by atoms with Crippen LogP contribution in [-0.2, 0) is 12.7 Å². The summed E-state index contributed by atoms with van der Waals surface area (Å²) in [5.74, 6) is 0. The molecule has 0 aliphatic heterocycles. The predicted octanol–water partition coefficient (Wildman–Crippen LogP) is 2.94. The van der Waals surface area contributed by atoms with E-state index in [0.717, 1.165) is 17.0 Å². The van der Waals surface area contributed by atoms with Gasteiger partial charge < -0.3 is 10.4 Å². The van der Waals surface area contributed by atoms with Crippen molar-refractivity contribution in [2.75, 3.05) is 13.2 Å². The molecule has 0 atom stereocenters. The Balaban J connectivity index is 2.40. The van der Waals surface area contributed by atoms with Crippen LogP contribution in [0.3, 0.4) is 0 Å². The monoisotopic (exact) mass is 269 g/mol. The first-order valence-electron chi connectivity index (χ1n) is 5.93. The van der Waals surface area contributed by atoms with Crippen molar-refractivity contribution in [2.24, 2.45) is 0 Å². The lowest BCUT2D eigenvalue weighted by Crippen LogP contribution is -2.17. The van der Waals surface area contributed by atoms with Gasteiger partial charge in [-0.15, -0.1) is 0 Å². The number of fused-ring (bicyclic) bond motifs is 1. The number of nitrogens with one attached hydrogen (secondary N) is 1. The molecular weight excluding hydrogens is 255 g/mol. The van der Waals surface area contributed by atoms with Gasteiger partial charge in [-0.05, 0) is 28.5 Å². The van der Waals surface area contributed by atoms with Crippen LogP contribution in [0.15, 0.2) is 36.4 Å². The van der Waals surface area contributed by atoms with E-state index in [9.17, 15) is 13.2 Å². The molecular formula is C14H14F3NO. The van der Waals surface area contributed by atoms with Crippen molar-refractivity contribution >= 4 is 10.8 Å². The molecule has 0 aliphatic rings. The zero-order valence-electron chi connectivity index (χ0n) is 10.2. The van der Waals surface area contributed by atoms with Gasteiger partial charge in [-0.1, -0.05) is 24.3 Å². The van der Waals surface area contributed by atoms with Gasteiger partial charge >= 0.3 is 6.18 Å². The molecule has 19 heavy (non-hydrogen) atoms. The van der Waals surface area contributed by atoms with Crippen molar-refractivity contribution < 1.29 is 18.3 Å². The van der Waals surface area contributed by atoms with Gasteiger partial charge in [0.25, 0.3) is 0 Å². The highest BCUT2D eigenvalue weighted by Crippen LogP contribution is 2.32. The first-order valence-corrected chi connectivity index (χ1v) is 5.93. The summed E-state index contributed by atoms with van der Waals surface area (Å²) in [4.78, 5) is 0. The first-order chi connectivity index (χ1) is 9.02. The second-order valence-corrected chi connectivity index (χ2v) is 4.25. The molecule has 0 saturated heterocycles. The molecule has 0 aliphatic carbocycles. The maximum absolute atomic E-state index is 12.7. The minimum atomic E-state index is -4.33. The third kappa shape index (κ3) is 3.24. The molecule has 102 valence electrons. The minimum absolute atomic E-state index is 0.00142. The maximum atomic E-state index is 12.7. The van der Waals surface area contributed by atoms with Crippen LogP contribution in [-0.4, -0.2) is 18.3 Å². The highest BCUT2D eigenvalue weighted by molar-refractivity contribution is 5.86. The Morgan fingerprint density at radius 2 is 1.89 bits per heavy atom. The quantitative estimate of drug-likeness (QED) is 0.836. The summed E-state index contributed by atoms with van der Waals surface area (Å²) in [7, 11) is 0. The van der Waals surface area contributed by atoms with E-state index in [1.165, 1.54) is 12.1 Å². The van der Waals surface area contributed by atoms with Crippen molar-refractivity contribution in [3.63, 3.8) is 0 Å². The predicted molar refractivity (Wildman–Crippen MR) is 67.7 cm³/mol. The minimum Gasteiger partial charge on any atom is -0.395 e. The van der Waals surface area contributed by atoms with E-state index in [2.05, 4.69) is 5.32 Å². The van der Waals surface area contributed by atoms with Crippen LogP contribution in [0.4, 0.5) is 13.2 Å². The fourth-order valence-corrected chi connectivity index (χ4v) is 1.97. The van der Waals surface area contributed by atoms with Gasteiger partial charge in [0.1, 0.15) is 0 Å². The standard InChI is InChI=1S/C14H14F3NO/c15-14(16,17)12-5-4-10-2-1-3-11(13(10)8-12)9-18-6-7-19/h1-5,8,18-19H,6-7,9H2. The third-order valence-electron chi connectivity index (χ3n) is 2.90. The Morgan fingerprint density at radius 3 is 2.58 bits per heavy atom.